The van der Waals surface area contributed by atoms with Gasteiger partial charge in [0.05, 0.1) is 9.95 Å². The molecule has 0 heterocycles. The van der Waals surface area contributed by atoms with E-state index in [0.29, 0.717) is 23.9 Å². The summed E-state index contributed by atoms with van der Waals surface area (Å²) in [5.74, 6) is 0. The minimum absolute atomic E-state index is 0.00280. The molecule has 1 aromatic rings. The van der Waals surface area contributed by atoms with Crippen molar-refractivity contribution in [3.8, 4) is 0 Å². The van der Waals surface area contributed by atoms with Gasteiger partial charge in [-0.15, -0.1) is 0 Å². The lowest BCUT2D eigenvalue weighted by molar-refractivity contribution is -0.383. The smallest absolute Gasteiger partial charge is 0.293 e. The molecule has 0 saturated heterocycles. The van der Waals surface area contributed by atoms with Crippen LogP contribution in [-0.2, 0) is 4.74 Å². The molecule has 0 saturated carbocycles. The molecule has 0 fully saturated rings. The Labute approximate surface area is 111 Å². The number of hydrogen-bond acceptors (Lipinski definition) is 4. The van der Waals surface area contributed by atoms with Gasteiger partial charge >= 0.3 is 0 Å². The van der Waals surface area contributed by atoms with Crippen LogP contribution in [0.3, 0.4) is 0 Å². The monoisotopic (exact) mass is 272 g/mol. The number of nitro groups is 1. The van der Waals surface area contributed by atoms with Crippen molar-refractivity contribution in [2.24, 2.45) is 0 Å². The molecule has 100 valence electrons. The Bertz CT molecular complexity index is 399. The number of nitrogens with one attached hydrogen (secondary N) is 1. The summed E-state index contributed by atoms with van der Waals surface area (Å²) >= 11 is 5.94. The maximum atomic E-state index is 10.8. The molecule has 0 amide bonds. The molecule has 5 nitrogen and oxygen atoms in total. The average molecular weight is 273 g/mol. The van der Waals surface area contributed by atoms with E-state index in [2.05, 4.69) is 5.32 Å². The molecule has 1 N–H and O–H groups in total. The highest BCUT2D eigenvalue weighted by atomic mass is 35.5. The van der Waals surface area contributed by atoms with Crippen molar-refractivity contribution in [3.05, 3.63) is 33.3 Å². The van der Waals surface area contributed by atoms with Crippen molar-refractivity contribution in [2.75, 3.05) is 25.1 Å². The van der Waals surface area contributed by atoms with Crippen LogP contribution < -0.4 is 5.32 Å². The van der Waals surface area contributed by atoms with Crippen LogP contribution >= 0.6 is 11.6 Å². The highest BCUT2D eigenvalue weighted by Gasteiger charge is 2.15. The Morgan fingerprint density at radius 3 is 2.89 bits per heavy atom. The van der Waals surface area contributed by atoms with Crippen LogP contribution in [-0.4, -0.2) is 24.7 Å². The Hall–Kier alpha value is -1.33. The first-order valence-electron chi connectivity index (χ1n) is 5.91. The van der Waals surface area contributed by atoms with E-state index < -0.39 is 4.92 Å². The zero-order valence-corrected chi connectivity index (χ0v) is 11.1. The van der Waals surface area contributed by atoms with Gasteiger partial charge < -0.3 is 10.1 Å². The standard InChI is InChI=1S/C12H17ClN2O3/c1-2-8-18-9-4-7-14-12-10(13)5-3-6-11(12)15(16)17/h3,5-6,14H,2,4,7-9H2,1H3. The van der Waals surface area contributed by atoms with Gasteiger partial charge in [0.2, 0.25) is 0 Å². The average Bonchev–Trinajstić information content (AvgIpc) is 2.34. The SMILES string of the molecule is CCCOCCCNc1c(Cl)cccc1[N+](=O)[O-]. The number of ether oxygens (including phenoxy) is 1. The number of benzene rings is 1. The van der Waals surface area contributed by atoms with Gasteiger partial charge in [-0.2, -0.15) is 0 Å². The lowest BCUT2D eigenvalue weighted by Crippen LogP contribution is -2.08. The lowest BCUT2D eigenvalue weighted by Gasteiger charge is -2.08. The van der Waals surface area contributed by atoms with E-state index in [1.807, 2.05) is 6.92 Å². The largest absolute Gasteiger partial charge is 0.381 e. The Kier molecular flexibility index (Phi) is 6.46. The summed E-state index contributed by atoms with van der Waals surface area (Å²) in [6.07, 6.45) is 1.77. The van der Waals surface area contributed by atoms with Gasteiger partial charge in [-0.05, 0) is 18.9 Å². The molecule has 0 aliphatic rings. The Morgan fingerprint density at radius 2 is 2.22 bits per heavy atom. The molecule has 1 aromatic carbocycles. The Morgan fingerprint density at radius 1 is 1.44 bits per heavy atom. The predicted molar refractivity (Wildman–Crippen MR) is 72.3 cm³/mol. The third kappa shape index (κ3) is 4.50. The highest BCUT2D eigenvalue weighted by Crippen LogP contribution is 2.31. The van der Waals surface area contributed by atoms with Crippen molar-refractivity contribution >= 4 is 23.0 Å². The summed E-state index contributed by atoms with van der Waals surface area (Å²) in [4.78, 5) is 10.4. The van der Waals surface area contributed by atoms with E-state index in [9.17, 15) is 10.1 Å². The van der Waals surface area contributed by atoms with Gasteiger partial charge in [0.15, 0.2) is 0 Å². The van der Waals surface area contributed by atoms with Crippen LogP contribution in [0.15, 0.2) is 18.2 Å². The van der Waals surface area contributed by atoms with Crippen molar-refractivity contribution in [2.45, 2.75) is 19.8 Å². The number of nitrogens with zero attached hydrogens (tertiary/aromatic N) is 1. The molecule has 0 aliphatic carbocycles. The first-order chi connectivity index (χ1) is 8.66. The van der Waals surface area contributed by atoms with Crippen LogP contribution in [0.2, 0.25) is 5.02 Å². The van der Waals surface area contributed by atoms with Gasteiger partial charge in [0, 0.05) is 25.8 Å². The van der Waals surface area contributed by atoms with E-state index in [1.54, 1.807) is 12.1 Å². The van der Waals surface area contributed by atoms with E-state index in [1.165, 1.54) is 6.07 Å². The van der Waals surface area contributed by atoms with E-state index in [4.69, 9.17) is 16.3 Å². The molecule has 1 rings (SSSR count). The zero-order valence-electron chi connectivity index (χ0n) is 10.3. The molecule has 18 heavy (non-hydrogen) atoms. The molecule has 0 unspecified atom stereocenters. The molecule has 0 aliphatic heterocycles. The lowest BCUT2D eigenvalue weighted by atomic mass is 10.2. The van der Waals surface area contributed by atoms with Gasteiger partial charge in [-0.1, -0.05) is 24.6 Å². The maximum Gasteiger partial charge on any atom is 0.293 e. The number of nitro benzene ring substituents is 1. The van der Waals surface area contributed by atoms with E-state index >= 15 is 0 Å². The third-order valence-electron chi connectivity index (χ3n) is 2.30. The van der Waals surface area contributed by atoms with Crippen LogP contribution in [0.4, 0.5) is 11.4 Å². The van der Waals surface area contributed by atoms with Crippen LogP contribution in [0.25, 0.3) is 0 Å². The number of anilines is 1. The predicted octanol–water partition coefficient (Wildman–Crippen LogP) is 3.48. The van der Waals surface area contributed by atoms with Crippen molar-refractivity contribution in [3.63, 3.8) is 0 Å². The van der Waals surface area contributed by atoms with Gasteiger partial charge in [0.1, 0.15) is 5.69 Å². The van der Waals surface area contributed by atoms with Crippen LogP contribution in [0.1, 0.15) is 19.8 Å². The van der Waals surface area contributed by atoms with Crippen molar-refractivity contribution in [1.82, 2.24) is 0 Å². The first-order valence-corrected chi connectivity index (χ1v) is 6.29. The number of para-hydroxylation sites is 1. The number of halogens is 1. The topological polar surface area (TPSA) is 64.4 Å². The summed E-state index contributed by atoms with van der Waals surface area (Å²) in [5.41, 5.74) is 0.372. The summed E-state index contributed by atoms with van der Waals surface area (Å²) in [6.45, 7) is 4.02. The van der Waals surface area contributed by atoms with E-state index in [-0.39, 0.29) is 5.69 Å². The maximum absolute atomic E-state index is 10.8. The normalized spacial score (nSPS) is 10.3. The molecular weight excluding hydrogens is 256 g/mol. The Balaban J connectivity index is 2.48. The molecule has 6 heteroatoms. The van der Waals surface area contributed by atoms with E-state index in [0.717, 1.165) is 19.4 Å². The fourth-order valence-electron chi connectivity index (χ4n) is 1.47. The minimum Gasteiger partial charge on any atom is -0.381 e. The minimum atomic E-state index is -0.443. The van der Waals surface area contributed by atoms with Crippen LogP contribution in [0, 0.1) is 10.1 Å². The summed E-state index contributed by atoms with van der Waals surface area (Å²) in [7, 11) is 0. The summed E-state index contributed by atoms with van der Waals surface area (Å²) < 4.78 is 5.32. The number of hydrogen-bond donors (Lipinski definition) is 1. The molecule has 0 spiro atoms. The fourth-order valence-corrected chi connectivity index (χ4v) is 1.71. The van der Waals surface area contributed by atoms with Gasteiger partial charge in [0.25, 0.3) is 5.69 Å². The molecular formula is C12H17ClN2O3. The van der Waals surface area contributed by atoms with Gasteiger partial charge in [-0.25, -0.2) is 0 Å². The number of rotatable bonds is 8. The zero-order chi connectivity index (χ0) is 13.4. The fraction of sp³-hybridized carbons (Fsp3) is 0.500. The molecule has 0 atom stereocenters. The molecule has 0 radical (unpaired) electrons. The summed E-state index contributed by atoms with van der Waals surface area (Å²) in [6, 6.07) is 4.63. The molecule has 0 aromatic heterocycles. The van der Waals surface area contributed by atoms with Crippen molar-refractivity contribution < 1.29 is 9.66 Å². The second-order valence-electron chi connectivity index (χ2n) is 3.78. The second kappa shape index (κ2) is 7.89. The highest BCUT2D eigenvalue weighted by molar-refractivity contribution is 6.33. The van der Waals surface area contributed by atoms with Crippen molar-refractivity contribution in [1.29, 1.82) is 0 Å². The van der Waals surface area contributed by atoms with Gasteiger partial charge in [-0.3, -0.25) is 10.1 Å². The third-order valence-corrected chi connectivity index (χ3v) is 2.62. The summed E-state index contributed by atoms with van der Waals surface area (Å²) in [5, 5.41) is 14.2. The molecule has 0 bridgehead atoms. The quantitative estimate of drug-likeness (QED) is 0.447. The van der Waals surface area contributed by atoms with Crippen LogP contribution in [0.5, 0.6) is 0 Å². The first kappa shape index (κ1) is 14.7. The second-order valence-corrected chi connectivity index (χ2v) is 4.19.